The monoisotopic (exact) mass is 365 g/mol. The first kappa shape index (κ1) is 20.0. The number of urea groups is 1. The first-order valence-corrected chi connectivity index (χ1v) is 9.06. The number of carbonyl (C=O) groups excluding carboxylic acids is 1. The molecular weight excluding hydrogens is 337 g/mol. The molecule has 6 nitrogen and oxygen atoms in total. The molecule has 1 aromatic carbocycles. The molecule has 26 heavy (non-hydrogen) atoms. The third-order valence-electron chi connectivity index (χ3n) is 4.74. The van der Waals surface area contributed by atoms with Crippen molar-refractivity contribution in [2.45, 2.75) is 51.6 Å². The van der Waals surface area contributed by atoms with E-state index in [2.05, 4.69) is 12.2 Å². The number of amides is 3. The molecule has 1 heterocycles. The van der Waals surface area contributed by atoms with E-state index in [0.717, 1.165) is 19.3 Å². The SMILES string of the molecule is CCCCCNC(=O)N1C(c2ccc(F)cc2)CN(C(=O)O)CC1(C)C. The summed E-state index contributed by atoms with van der Waals surface area (Å²) in [6.45, 7) is 6.77. The fourth-order valence-corrected chi connectivity index (χ4v) is 3.48. The smallest absolute Gasteiger partial charge is 0.407 e. The molecule has 2 N–H and O–H groups in total. The standard InChI is InChI=1S/C19H28FN3O3/c1-4-5-6-11-21-17(24)23-16(14-7-9-15(20)10-8-14)12-22(18(25)26)13-19(23,2)3/h7-10,16H,4-6,11-13H2,1-3H3,(H,21,24)(H,25,26). The minimum Gasteiger partial charge on any atom is -0.465 e. The van der Waals surface area contributed by atoms with Crippen LogP contribution in [-0.4, -0.2) is 52.2 Å². The molecule has 3 amide bonds. The third-order valence-corrected chi connectivity index (χ3v) is 4.74. The fraction of sp³-hybridized carbons (Fsp3) is 0.579. The van der Waals surface area contributed by atoms with Crippen molar-refractivity contribution in [2.24, 2.45) is 0 Å². The van der Waals surface area contributed by atoms with Crippen LogP contribution in [0.1, 0.15) is 51.6 Å². The lowest BCUT2D eigenvalue weighted by atomic mass is 9.91. The van der Waals surface area contributed by atoms with Gasteiger partial charge in [0.15, 0.2) is 0 Å². The zero-order chi connectivity index (χ0) is 19.3. The molecule has 1 atom stereocenters. The molecule has 1 fully saturated rings. The second-order valence-electron chi connectivity index (χ2n) is 7.35. The molecular formula is C19H28FN3O3. The van der Waals surface area contributed by atoms with E-state index in [0.29, 0.717) is 12.1 Å². The molecule has 1 saturated heterocycles. The van der Waals surface area contributed by atoms with Gasteiger partial charge in [-0.3, -0.25) is 0 Å². The van der Waals surface area contributed by atoms with Crippen molar-refractivity contribution in [3.8, 4) is 0 Å². The number of unbranched alkanes of at least 4 members (excludes halogenated alkanes) is 2. The number of halogens is 1. The Kier molecular flexibility index (Phi) is 6.45. The largest absolute Gasteiger partial charge is 0.465 e. The number of nitrogens with one attached hydrogen (secondary N) is 1. The lowest BCUT2D eigenvalue weighted by Crippen LogP contribution is -2.64. The number of carboxylic acid groups (broad SMARTS) is 1. The van der Waals surface area contributed by atoms with Crippen LogP contribution < -0.4 is 5.32 Å². The van der Waals surface area contributed by atoms with Gasteiger partial charge >= 0.3 is 12.1 Å². The van der Waals surface area contributed by atoms with E-state index >= 15 is 0 Å². The lowest BCUT2D eigenvalue weighted by Gasteiger charge is -2.51. The van der Waals surface area contributed by atoms with Crippen LogP contribution in [0.5, 0.6) is 0 Å². The summed E-state index contributed by atoms with van der Waals surface area (Å²) in [5.41, 5.74) is 0.0268. The minimum atomic E-state index is -1.02. The summed E-state index contributed by atoms with van der Waals surface area (Å²) in [4.78, 5) is 27.4. The van der Waals surface area contributed by atoms with Gasteiger partial charge in [-0.25, -0.2) is 14.0 Å². The number of piperazine rings is 1. The quantitative estimate of drug-likeness (QED) is 0.779. The van der Waals surface area contributed by atoms with Gasteiger partial charge in [0.1, 0.15) is 5.82 Å². The number of rotatable bonds is 5. The highest BCUT2D eigenvalue weighted by molar-refractivity contribution is 5.76. The lowest BCUT2D eigenvalue weighted by molar-refractivity contribution is 0.00876. The van der Waals surface area contributed by atoms with Gasteiger partial charge in [-0.1, -0.05) is 31.9 Å². The molecule has 7 heteroatoms. The van der Waals surface area contributed by atoms with Gasteiger partial charge in [0, 0.05) is 19.6 Å². The Morgan fingerprint density at radius 1 is 1.27 bits per heavy atom. The van der Waals surface area contributed by atoms with Gasteiger partial charge in [-0.2, -0.15) is 0 Å². The van der Waals surface area contributed by atoms with E-state index in [1.54, 1.807) is 17.0 Å². The van der Waals surface area contributed by atoms with Crippen molar-refractivity contribution >= 4 is 12.1 Å². The van der Waals surface area contributed by atoms with Crippen molar-refractivity contribution in [3.05, 3.63) is 35.6 Å². The minimum absolute atomic E-state index is 0.159. The Balaban J connectivity index is 2.28. The molecule has 1 aliphatic rings. The van der Waals surface area contributed by atoms with Crippen LogP contribution in [0, 0.1) is 5.82 Å². The Hall–Kier alpha value is -2.31. The highest BCUT2D eigenvalue weighted by Crippen LogP contribution is 2.34. The molecule has 144 valence electrons. The summed E-state index contributed by atoms with van der Waals surface area (Å²) in [6, 6.07) is 5.20. The van der Waals surface area contributed by atoms with Crippen molar-refractivity contribution < 1.29 is 19.1 Å². The number of nitrogens with zero attached hydrogens (tertiary/aromatic N) is 2. The Labute approximate surface area is 154 Å². The van der Waals surface area contributed by atoms with E-state index in [1.165, 1.54) is 17.0 Å². The van der Waals surface area contributed by atoms with Crippen LogP contribution in [0.15, 0.2) is 24.3 Å². The Morgan fingerprint density at radius 3 is 2.50 bits per heavy atom. The zero-order valence-corrected chi connectivity index (χ0v) is 15.7. The van der Waals surface area contributed by atoms with Crippen LogP contribution in [0.2, 0.25) is 0 Å². The molecule has 0 aliphatic carbocycles. The predicted octanol–water partition coefficient (Wildman–Crippen LogP) is 3.84. The maximum atomic E-state index is 13.3. The summed E-state index contributed by atoms with van der Waals surface area (Å²) in [5.74, 6) is -0.366. The predicted molar refractivity (Wildman–Crippen MR) is 97.6 cm³/mol. The zero-order valence-electron chi connectivity index (χ0n) is 15.7. The van der Waals surface area contributed by atoms with E-state index in [9.17, 15) is 19.1 Å². The summed E-state index contributed by atoms with van der Waals surface area (Å²) in [6.07, 6.45) is 1.99. The van der Waals surface area contributed by atoms with Crippen LogP contribution >= 0.6 is 0 Å². The van der Waals surface area contributed by atoms with Crippen LogP contribution in [0.3, 0.4) is 0 Å². The van der Waals surface area contributed by atoms with Crippen LogP contribution in [0.4, 0.5) is 14.0 Å². The molecule has 0 radical (unpaired) electrons. The number of hydrogen-bond acceptors (Lipinski definition) is 2. The van der Waals surface area contributed by atoms with Gasteiger partial charge < -0.3 is 20.2 Å². The van der Waals surface area contributed by atoms with Crippen molar-refractivity contribution in [2.75, 3.05) is 19.6 Å². The van der Waals surface area contributed by atoms with Crippen LogP contribution in [0.25, 0.3) is 0 Å². The molecule has 1 aliphatic heterocycles. The number of benzene rings is 1. The third kappa shape index (κ3) is 4.65. The molecule has 0 saturated carbocycles. The second kappa shape index (κ2) is 8.38. The van der Waals surface area contributed by atoms with Gasteiger partial charge in [0.2, 0.25) is 0 Å². The number of hydrogen-bond donors (Lipinski definition) is 2. The Morgan fingerprint density at radius 2 is 1.92 bits per heavy atom. The molecule has 0 spiro atoms. The highest BCUT2D eigenvalue weighted by atomic mass is 19.1. The van der Waals surface area contributed by atoms with Crippen molar-refractivity contribution in [1.29, 1.82) is 0 Å². The molecule has 0 aromatic heterocycles. The van der Waals surface area contributed by atoms with Gasteiger partial charge in [0.05, 0.1) is 11.6 Å². The summed E-state index contributed by atoms with van der Waals surface area (Å²) in [5, 5.41) is 12.4. The maximum absolute atomic E-state index is 13.3. The van der Waals surface area contributed by atoms with Gasteiger partial charge in [-0.05, 0) is 38.0 Å². The topological polar surface area (TPSA) is 72.9 Å². The number of carbonyl (C=O) groups is 2. The molecule has 2 rings (SSSR count). The normalized spacial score (nSPS) is 19.3. The van der Waals surface area contributed by atoms with Crippen LogP contribution in [-0.2, 0) is 0 Å². The van der Waals surface area contributed by atoms with E-state index in [-0.39, 0.29) is 24.9 Å². The van der Waals surface area contributed by atoms with E-state index in [4.69, 9.17) is 0 Å². The highest BCUT2D eigenvalue weighted by Gasteiger charge is 2.44. The molecule has 1 unspecified atom stereocenters. The first-order chi connectivity index (χ1) is 12.3. The summed E-state index contributed by atoms with van der Waals surface area (Å²) >= 11 is 0. The van der Waals surface area contributed by atoms with Gasteiger partial charge in [0.25, 0.3) is 0 Å². The van der Waals surface area contributed by atoms with Crippen molar-refractivity contribution in [1.82, 2.24) is 15.1 Å². The second-order valence-corrected chi connectivity index (χ2v) is 7.35. The summed E-state index contributed by atoms with van der Waals surface area (Å²) in [7, 11) is 0. The first-order valence-electron chi connectivity index (χ1n) is 9.06. The van der Waals surface area contributed by atoms with Gasteiger partial charge in [-0.15, -0.1) is 0 Å². The average Bonchev–Trinajstić information content (AvgIpc) is 2.57. The average molecular weight is 365 g/mol. The van der Waals surface area contributed by atoms with E-state index in [1.807, 2.05) is 13.8 Å². The Bertz CT molecular complexity index is 633. The van der Waals surface area contributed by atoms with Crippen molar-refractivity contribution in [3.63, 3.8) is 0 Å². The van der Waals surface area contributed by atoms with E-state index < -0.39 is 17.7 Å². The molecule has 1 aromatic rings. The summed E-state index contributed by atoms with van der Waals surface area (Å²) < 4.78 is 13.3. The fourth-order valence-electron chi connectivity index (χ4n) is 3.48. The molecule has 0 bridgehead atoms. The maximum Gasteiger partial charge on any atom is 0.407 e.